The molecule has 1 aliphatic carbocycles. The molecule has 0 bridgehead atoms. The third-order valence-corrected chi connectivity index (χ3v) is 2.40. The van der Waals surface area contributed by atoms with E-state index in [1.165, 1.54) is 6.08 Å². The zero-order chi connectivity index (χ0) is 10.8. The van der Waals surface area contributed by atoms with Gasteiger partial charge in [-0.05, 0) is 26.1 Å². The van der Waals surface area contributed by atoms with Crippen molar-refractivity contribution < 1.29 is 5.82 Å². The van der Waals surface area contributed by atoms with Gasteiger partial charge in [0.1, 0.15) is 5.83 Å². The molecule has 0 spiro atoms. The van der Waals surface area contributed by atoms with Gasteiger partial charge in [0.2, 0.25) is 0 Å². The number of allylic oxidation sites excluding steroid dienone is 2. The van der Waals surface area contributed by atoms with Crippen LogP contribution in [0.25, 0.3) is 0 Å². The van der Waals surface area contributed by atoms with Crippen LogP contribution in [0.4, 0.5) is 4.39 Å². The van der Waals surface area contributed by atoms with E-state index < -0.39 is 11.2 Å². The standard InChI is InChI=1S/C10H16FN3.H2/c1-10(6-13-2)5-7(14-3)4-8(11)9(10)12;/h4-5,12-14H,6H2,1-3H3;1H. The fourth-order valence-electron chi connectivity index (χ4n) is 1.59. The smallest absolute Gasteiger partial charge is 0.146 e. The summed E-state index contributed by atoms with van der Waals surface area (Å²) in [6.45, 7) is 2.40. The summed E-state index contributed by atoms with van der Waals surface area (Å²) in [5, 5.41) is 13.5. The van der Waals surface area contributed by atoms with E-state index >= 15 is 0 Å². The molecule has 1 unspecified atom stereocenters. The van der Waals surface area contributed by atoms with Gasteiger partial charge < -0.3 is 16.0 Å². The normalized spacial score (nSPS) is 27.0. The van der Waals surface area contributed by atoms with Crippen molar-refractivity contribution >= 4 is 5.71 Å². The molecule has 3 N–H and O–H groups in total. The van der Waals surface area contributed by atoms with E-state index in [2.05, 4.69) is 10.6 Å². The summed E-state index contributed by atoms with van der Waals surface area (Å²) in [6.07, 6.45) is 3.22. The second-order valence-electron chi connectivity index (χ2n) is 3.66. The number of rotatable bonds is 3. The molecule has 0 fully saturated rings. The molecule has 80 valence electrons. The quantitative estimate of drug-likeness (QED) is 0.644. The van der Waals surface area contributed by atoms with E-state index in [1.807, 2.05) is 13.0 Å². The fraction of sp³-hybridized carbons (Fsp3) is 0.500. The molecule has 1 aliphatic rings. The molecule has 1 atom stereocenters. The van der Waals surface area contributed by atoms with E-state index in [1.54, 1.807) is 14.1 Å². The van der Waals surface area contributed by atoms with Crippen molar-refractivity contribution in [2.75, 3.05) is 20.6 Å². The Kier molecular flexibility index (Phi) is 3.06. The third-order valence-electron chi connectivity index (χ3n) is 2.40. The second kappa shape index (κ2) is 3.92. The summed E-state index contributed by atoms with van der Waals surface area (Å²) in [4.78, 5) is 0. The van der Waals surface area contributed by atoms with Gasteiger partial charge in [0.25, 0.3) is 0 Å². The van der Waals surface area contributed by atoms with Crippen LogP contribution in [0, 0.1) is 10.8 Å². The first-order chi connectivity index (χ1) is 6.53. The van der Waals surface area contributed by atoms with E-state index in [0.29, 0.717) is 6.54 Å². The number of nitrogens with one attached hydrogen (secondary N) is 3. The highest BCUT2D eigenvalue weighted by Crippen LogP contribution is 2.29. The van der Waals surface area contributed by atoms with Crippen LogP contribution in [-0.2, 0) is 0 Å². The molecule has 3 nitrogen and oxygen atoms in total. The van der Waals surface area contributed by atoms with E-state index in [4.69, 9.17) is 5.41 Å². The van der Waals surface area contributed by atoms with Gasteiger partial charge in [-0.1, -0.05) is 0 Å². The molecule has 0 heterocycles. The Bertz CT molecular complexity index is 312. The van der Waals surface area contributed by atoms with Crippen LogP contribution < -0.4 is 10.6 Å². The Hall–Kier alpha value is -1.16. The predicted molar refractivity (Wildman–Crippen MR) is 58.2 cm³/mol. The zero-order valence-corrected chi connectivity index (χ0v) is 8.74. The van der Waals surface area contributed by atoms with E-state index in [-0.39, 0.29) is 7.14 Å². The average Bonchev–Trinajstić information content (AvgIpc) is 2.14. The van der Waals surface area contributed by atoms with E-state index in [9.17, 15) is 4.39 Å². The Morgan fingerprint density at radius 2 is 2.21 bits per heavy atom. The molecule has 0 amide bonds. The summed E-state index contributed by atoms with van der Waals surface area (Å²) in [5.41, 5.74) is 0.188. The van der Waals surface area contributed by atoms with Gasteiger partial charge >= 0.3 is 0 Å². The summed E-state index contributed by atoms with van der Waals surface area (Å²) in [5.74, 6) is -0.463. The highest BCUT2D eigenvalue weighted by atomic mass is 19.1. The largest absolute Gasteiger partial charge is 0.388 e. The van der Waals surface area contributed by atoms with Crippen LogP contribution in [0.3, 0.4) is 0 Å². The van der Waals surface area contributed by atoms with Crippen molar-refractivity contribution in [3.05, 3.63) is 23.7 Å². The zero-order valence-electron chi connectivity index (χ0n) is 8.74. The maximum Gasteiger partial charge on any atom is 0.146 e. The lowest BCUT2D eigenvalue weighted by molar-refractivity contribution is 0.518. The Balaban J connectivity index is 0.00000196. The Morgan fingerprint density at radius 3 is 2.71 bits per heavy atom. The first-order valence-electron chi connectivity index (χ1n) is 4.55. The van der Waals surface area contributed by atoms with Gasteiger partial charge in [0.05, 0.1) is 5.71 Å². The van der Waals surface area contributed by atoms with Crippen molar-refractivity contribution in [1.29, 1.82) is 5.41 Å². The van der Waals surface area contributed by atoms with Gasteiger partial charge in [-0.2, -0.15) is 0 Å². The fourth-order valence-corrected chi connectivity index (χ4v) is 1.59. The SMILES string of the molecule is CNCC1(C)C=C(NC)C=C(F)C1=N.[HH]. The molecule has 0 saturated heterocycles. The minimum Gasteiger partial charge on any atom is -0.388 e. The molecule has 0 aromatic carbocycles. The summed E-state index contributed by atoms with van der Waals surface area (Å²) < 4.78 is 13.4. The molecule has 0 aliphatic heterocycles. The van der Waals surface area contributed by atoms with Gasteiger partial charge in [-0.25, -0.2) is 4.39 Å². The molecule has 0 aromatic rings. The molecule has 0 radical (unpaired) electrons. The van der Waals surface area contributed by atoms with Crippen molar-refractivity contribution in [2.24, 2.45) is 5.41 Å². The first-order valence-corrected chi connectivity index (χ1v) is 4.55. The van der Waals surface area contributed by atoms with Crippen molar-refractivity contribution in [3.63, 3.8) is 0 Å². The maximum atomic E-state index is 13.4. The number of halogens is 1. The topological polar surface area (TPSA) is 47.9 Å². The van der Waals surface area contributed by atoms with Crippen molar-refractivity contribution in [1.82, 2.24) is 10.6 Å². The second-order valence-corrected chi connectivity index (χ2v) is 3.66. The van der Waals surface area contributed by atoms with Crippen LogP contribution >= 0.6 is 0 Å². The summed E-state index contributed by atoms with van der Waals surface area (Å²) in [7, 11) is 3.53. The molecular weight excluding hydrogens is 181 g/mol. The Morgan fingerprint density at radius 1 is 1.57 bits per heavy atom. The average molecular weight is 199 g/mol. The van der Waals surface area contributed by atoms with Crippen LogP contribution in [0.5, 0.6) is 0 Å². The first kappa shape index (κ1) is 10.9. The minimum atomic E-state index is -0.564. The lowest BCUT2D eigenvalue weighted by Crippen LogP contribution is -2.38. The highest BCUT2D eigenvalue weighted by molar-refractivity contribution is 6.03. The third kappa shape index (κ3) is 1.85. The minimum absolute atomic E-state index is 0. The predicted octanol–water partition coefficient (Wildman–Crippen LogP) is 1.45. The van der Waals surface area contributed by atoms with Crippen molar-refractivity contribution in [2.45, 2.75) is 6.92 Å². The van der Waals surface area contributed by atoms with Crippen molar-refractivity contribution in [3.8, 4) is 0 Å². The summed E-state index contributed by atoms with van der Waals surface area (Å²) >= 11 is 0. The maximum absolute atomic E-state index is 13.4. The number of hydrogen-bond acceptors (Lipinski definition) is 3. The molecule has 4 heteroatoms. The summed E-state index contributed by atoms with van der Waals surface area (Å²) in [6, 6.07) is 0. The molecule has 14 heavy (non-hydrogen) atoms. The van der Waals surface area contributed by atoms with Crippen LogP contribution in [-0.4, -0.2) is 26.4 Å². The lowest BCUT2D eigenvalue weighted by atomic mass is 9.80. The van der Waals surface area contributed by atoms with E-state index in [0.717, 1.165) is 5.70 Å². The molecule has 0 aromatic heterocycles. The van der Waals surface area contributed by atoms with Gasteiger partial charge in [-0.3, -0.25) is 0 Å². The number of hydrogen-bond donors (Lipinski definition) is 3. The molecule has 1 rings (SSSR count). The monoisotopic (exact) mass is 199 g/mol. The van der Waals surface area contributed by atoms with Crippen LogP contribution in [0.1, 0.15) is 8.35 Å². The van der Waals surface area contributed by atoms with Crippen LogP contribution in [0.15, 0.2) is 23.7 Å². The van der Waals surface area contributed by atoms with Gasteiger partial charge in [0.15, 0.2) is 0 Å². The lowest BCUT2D eigenvalue weighted by Gasteiger charge is -2.29. The Labute approximate surface area is 85.1 Å². The van der Waals surface area contributed by atoms with Gasteiger partial charge in [-0.15, -0.1) is 0 Å². The number of likely N-dealkylation sites (N-methyl/N-ethyl adjacent to an activating group) is 1. The molecular formula is C10H18FN3. The van der Waals surface area contributed by atoms with Gasteiger partial charge in [0, 0.05) is 26.1 Å². The highest BCUT2D eigenvalue weighted by Gasteiger charge is 2.32. The van der Waals surface area contributed by atoms with Crippen LogP contribution in [0.2, 0.25) is 0 Å². The molecule has 0 saturated carbocycles.